The lowest BCUT2D eigenvalue weighted by molar-refractivity contribution is 0.0952. The summed E-state index contributed by atoms with van der Waals surface area (Å²) in [7, 11) is 0. The predicted octanol–water partition coefficient (Wildman–Crippen LogP) is 2.92. The smallest absolute Gasteiger partial charge is 0.254 e. The third kappa shape index (κ3) is 3.03. The second-order valence-corrected chi connectivity index (χ2v) is 3.79. The molecular weight excluding hydrogens is 236 g/mol. The van der Waals surface area contributed by atoms with Crippen molar-refractivity contribution < 1.29 is 13.6 Å². The van der Waals surface area contributed by atoms with Gasteiger partial charge in [-0.3, -0.25) is 4.79 Å². The third-order valence-electron chi connectivity index (χ3n) is 1.81. The molecule has 0 radical (unpaired) electrons. The fourth-order valence-corrected chi connectivity index (χ4v) is 1.17. The predicted molar refractivity (Wildman–Crippen MR) is 58.5 cm³/mol. The normalized spacial score (nSPS) is 10.0. The Morgan fingerprint density at radius 3 is 2.62 bits per heavy atom. The highest BCUT2D eigenvalue weighted by atomic mass is 35.5. The van der Waals surface area contributed by atoms with Gasteiger partial charge in [-0.15, -0.1) is 0 Å². The average Bonchev–Trinajstić information content (AvgIpc) is 2.20. The fourth-order valence-electron chi connectivity index (χ4n) is 1.02. The maximum Gasteiger partial charge on any atom is 0.254 e. The molecule has 2 nitrogen and oxygen atoms in total. The highest BCUT2D eigenvalue weighted by Gasteiger charge is 2.14. The zero-order chi connectivity index (χ0) is 12.3. The number of nitrogens with one attached hydrogen (secondary N) is 1. The molecule has 16 heavy (non-hydrogen) atoms. The maximum absolute atomic E-state index is 13.3. The van der Waals surface area contributed by atoms with Gasteiger partial charge >= 0.3 is 0 Å². The van der Waals surface area contributed by atoms with Crippen molar-refractivity contribution in [3.05, 3.63) is 46.5 Å². The molecule has 0 spiro atoms. The standard InChI is InChI=1S/C11H10ClF2NO/c1-6(2)5-15-11(16)7-3-10(14)8(12)4-9(7)13/h3-4H,1,5H2,2H3,(H,15,16). The second-order valence-electron chi connectivity index (χ2n) is 3.39. The zero-order valence-corrected chi connectivity index (χ0v) is 9.37. The summed E-state index contributed by atoms with van der Waals surface area (Å²) in [5, 5.41) is 2.04. The minimum absolute atomic E-state index is 0.211. The molecule has 1 aromatic carbocycles. The lowest BCUT2D eigenvalue weighted by Gasteiger charge is -2.06. The highest BCUT2D eigenvalue weighted by Crippen LogP contribution is 2.19. The number of carbonyl (C=O) groups is 1. The molecule has 0 aromatic heterocycles. The Balaban J connectivity index is 2.91. The summed E-state index contributed by atoms with van der Waals surface area (Å²) in [4.78, 5) is 11.4. The second kappa shape index (κ2) is 5.07. The maximum atomic E-state index is 13.3. The van der Waals surface area contributed by atoms with Gasteiger partial charge in [0.25, 0.3) is 5.91 Å². The van der Waals surface area contributed by atoms with Gasteiger partial charge in [0.05, 0.1) is 10.6 Å². The molecule has 0 heterocycles. The largest absolute Gasteiger partial charge is 0.348 e. The van der Waals surface area contributed by atoms with Crippen molar-refractivity contribution in [2.24, 2.45) is 0 Å². The van der Waals surface area contributed by atoms with E-state index in [-0.39, 0.29) is 17.1 Å². The van der Waals surface area contributed by atoms with E-state index >= 15 is 0 Å². The van der Waals surface area contributed by atoms with E-state index in [2.05, 4.69) is 11.9 Å². The Labute approximate surface area is 96.9 Å². The van der Waals surface area contributed by atoms with E-state index < -0.39 is 17.5 Å². The van der Waals surface area contributed by atoms with E-state index in [0.717, 1.165) is 12.1 Å². The summed E-state index contributed by atoms with van der Waals surface area (Å²) in [6.45, 7) is 5.49. The SMILES string of the molecule is C=C(C)CNC(=O)c1cc(F)c(Cl)cc1F. The lowest BCUT2D eigenvalue weighted by Crippen LogP contribution is -2.25. The Kier molecular flexibility index (Phi) is 4.01. The van der Waals surface area contributed by atoms with Gasteiger partial charge in [-0.25, -0.2) is 8.78 Å². The first-order valence-corrected chi connectivity index (χ1v) is 4.86. The van der Waals surface area contributed by atoms with Crippen LogP contribution in [0.25, 0.3) is 0 Å². The molecule has 5 heteroatoms. The Hall–Kier alpha value is -1.42. The Bertz CT molecular complexity index is 446. The molecule has 0 aliphatic carbocycles. The van der Waals surface area contributed by atoms with Crippen molar-refractivity contribution in [3.8, 4) is 0 Å². The van der Waals surface area contributed by atoms with Gasteiger partial charge in [0.15, 0.2) is 0 Å². The molecule has 1 amide bonds. The number of benzene rings is 1. The van der Waals surface area contributed by atoms with Crippen molar-refractivity contribution in [3.63, 3.8) is 0 Å². The van der Waals surface area contributed by atoms with E-state index in [1.807, 2.05) is 0 Å². The van der Waals surface area contributed by atoms with Crippen LogP contribution in [0, 0.1) is 11.6 Å². The highest BCUT2D eigenvalue weighted by molar-refractivity contribution is 6.30. The molecule has 1 aromatic rings. The van der Waals surface area contributed by atoms with Crippen LogP contribution >= 0.6 is 11.6 Å². The summed E-state index contributed by atoms with van der Waals surface area (Å²) in [5.41, 5.74) is 0.339. The topological polar surface area (TPSA) is 29.1 Å². The third-order valence-corrected chi connectivity index (χ3v) is 2.09. The molecular formula is C11H10ClF2NO. The van der Waals surface area contributed by atoms with Crippen LogP contribution in [-0.2, 0) is 0 Å². The van der Waals surface area contributed by atoms with Gasteiger partial charge in [-0.2, -0.15) is 0 Å². The Morgan fingerprint density at radius 2 is 2.06 bits per heavy atom. The molecule has 0 aliphatic heterocycles. The summed E-state index contributed by atoms with van der Waals surface area (Å²) in [6.07, 6.45) is 0. The fraction of sp³-hybridized carbons (Fsp3) is 0.182. The van der Waals surface area contributed by atoms with Crippen LogP contribution in [0.15, 0.2) is 24.3 Å². The van der Waals surface area contributed by atoms with Crippen molar-refractivity contribution in [1.82, 2.24) is 5.32 Å². The first-order valence-electron chi connectivity index (χ1n) is 4.49. The molecule has 1 rings (SSSR count). The van der Waals surface area contributed by atoms with Crippen molar-refractivity contribution in [2.45, 2.75) is 6.92 Å². The molecule has 0 bridgehead atoms. The molecule has 0 atom stereocenters. The first kappa shape index (κ1) is 12.6. The summed E-state index contributed by atoms with van der Waals surface area (Å²) >= 11 is 5.36. The van der Waals surface area contributed by atoms with Crippen LogP contribution in [0.5, 0.6) is 0 Å². The quantitative estimate of drug-likeness (QED) is 0.644. The number of rotatable bonds is 3. The van der Waals surface area contributed by atoms with E-state index in [0.29, 0.717) is 5.57 Å². The van der Waals surface area contributed by atoms with E-state index in [1.165, 1.54) is 0 Å². The van der Waals surface area contributed by atoms with Crippen LogP contribution in [0.2, 0.25) is 5.02 Å². The number of amides is 1. The van der Waals surface area contributed by atoms with E-state index in [4.69, 9.17) is 11.6 Å². The monoisotopic (exact) mass is 245 g/mol. The summed E-state index contributed by atoms with van der Waals surface area (Å²) in [5.74, 6) is -2.38. The number of hydrogen-bond donors (Lipinski definition) is 1. The summed E-state index contributed by atoms with van der Waals surface area (Å²) in [6, 6.07) is 1.54. The Morgan fingerprint density at radius 1 is 1.44 bits per heavy atom. The lowest BCUT2D eigenvalue weighted by atomic mass is 10.2. The molecule has 0 fully saturated rings. The molecule has 0 saturated carbocycles. The van der Waals surface area contributed by atoms with Crippen molar-refractivity contribution in [1.29, 1.82) is 0 Å². The molecule has 0 aliphatic rings. The molecule has 86 valence electrons. The minimum atomic E-state index is -0.856. The number of halogens is 3. The van der Waals surface area contributed by atoms with Crippen LogP contribution in [0.4, 0.5) is 8.78 Å². The van der Waals surface area contributed by atoms with Gasteiger partial charge < -0.3 is 5.32 Å². The minimum Gasteiger partial charge on any atom is -0.348 e. The zero-order valence-electron chi connectivity index (χ0n) is 8.61. The van der Waals surface area contributed by atoms with Crippen LogP contribution < -0.4 is 5.32 Å². The van der Waals surface area contributed by atoms with E-state index in [1.54, 1.807) is 6.92 Å². The first-order chi connectivity index (χ1) is 7.41. The van der Waals surface area contributed by atoms with Gasteiger partial charge in [0.2, 0.25) is 0 Å². The van der Waals surface area contributed by atoms with Crippen LogP contribution in [-0.4, -0.2) is 12.5 Å². The van der Waals surface area contributed by atoms with Crippen molar-refractivity contribution in [2.75, 3.05) is 6.54 Å². The average molecular weight is 246 g/mol. The number of hydrogen-bond acceptors (Lipinski definition) is 1. The molecule has 0 saturated heterocycles. The van der Waals surface area contributed by atoms with Gasteiger partial charge in [-0.05, 0) is 19.1 Å². The molecule has 1 N–H and O–H groups in total. The van der Waals surface area contributed by atoms with Gasteiger partial charge in [0, 0.05) is 6.54 Å². The van der Waals surface area contributed by atoms with Gasteiger partial charge in [-0.1, -0.05) is 23.8 Å². The van der Waals surface area contributed by atoms with E-state index in [9.17, 15) is 13.6 Å². The van der Waals surface area contributed by atoms with Crippen molar-refractivity contribution >= 4 is 17.5 Å². The van der Waals surface area contributed by atoms with Crippen LogP contribution in [0.3, 0.4) is 0 Å². The van der Waals surface area contributed by atoms with Gasteiger partial charge in [0.1, 0.15) is 11.6 Å². The molecule has 0 unspecified atom stereocenters. The summed E-state index contributed by atoms with van der Waals surface area (Å²) < 4.78 is 26.3. The number of carbonyl (C=O) groups excluding carboxylic acids is 1. The van der Waals surface area contributed by atoms with Crippen LogP contribution in [0.1, 0.15) is 17.3 Å².